The van der Waals surface area contributed by atoms with Gasteiger partial charge in [0.15, 0.2) is 0 Å². The Morgan fingerprint density at radius 2 is 1.91 bits per heavy atom. The molecule has 2 N–H and O–H groups in total. The largest absolute Gasteiger partial charge is 0.350 e. The van der Waals surface area contributed by atoms with E-state index in [1.807, 2.05) is 44.2 Å². The van der Waals surface area contributed by atoms with Crippen LogP contribution in [0.5, 0.6) is 0 Å². The van der Waals surface area contributed by atoms with Crippen molar-refractivity contribution in [3.8, 4) is 0 Å². The highest BCUT2D eigenvalue weighted by Gasteiger charge is 2.17. The van der Waals surface area contributed by atoms with E-state index in [2.05, 4.69) is 10.3 Å². The average molecular weight is 296 g/mol. The molecule has 1 aromatic heterocycles. The molecular weight excluding hydrogens is 279 g/mol. The molecule has 4 heteroatoms. The molecule has 0 aliphatic rings. The molecule has 1 amide bonds. The van der Waals surface area contributed by atoms with Crippen molar-refractivity contribution in [2.45, 2.75) is 19.9 Å². The normalized spacial score (nSPS) is 12.3. The van der Waals surface area contributed by atoms with Crippen molar-refractivity contribution in [2.75, 3.05) is 0 Å². The van der Waals surface area contributed by atoms with E-state index in [0.717, 1.165) is 16.5 Å². The van der Waals surface area contributed by atoms with E-state index in [1.165, 1.54) is 12.1 Å². The molecule has 0 saturated heterocycles. The summed E-state index contributed by atoms with van der Waals surface area (Å²) in [4.78, 5) is 15.5. The molecule has 0 saturated carbocycles. The number of aromatic nitrogens is 1. The Morgan fingerprint density at radius 1 is 1.18 bits per heavy atom. The summed E-state index contributed by atoms with van der Waals surface area (Å²) in [5.74, 6) is -0.510. The minimum absolute atomic E-state index is 0.101. The Bertz CT molecular complexity index is 824. The third-order valence-corrected chi connectivity index (χ3v) is 3.89. The lowest BCUT2D eigenvalue weighted by molar-refractivity contribution is 0.0935. The molecule has 0 aliphatic heterocycles. The molecule has 1 unspecified atom stereocenters. The van der Waals surface area contributed by atoms with Crippen LogP contribution in [0.25, 0.3) is 10.9 Å². The van der Waals surface area contributed by atoms with Gasteiger partial charge in [0.1, 0.15) is 11.5 Å². The minimum atomic E-state index is -0.321. The third kappa shape index (κ3) is 2.60. The van der Waals surface area contributed by atoms with Gasteiger partial charge in [0, 0.05) is 10.9 Å². The quantitative estimate of drug-likeness (QED) is 0.750. The van der Waals surface area contributed by atoms with Crippen LogP contribution in [0.1, 0.15) is 34.6 Å². The molecule has 22 heavy (non-hydrogen) atoms. The number of halogens is 1. The molecule has 112 valence electrons. The molecule has 3 aromatic rings. The van der Waals surface area contributed by atoms with Crippen LogP contribution in [-0.2, 0) is 0 Å². The van der Waals surface area contributed by atoms with Crippen molar-refractivity contribution >= 4 is 16.8 Å². The van der Waals surface area contributed by atoms with Gasteiger partial charge < -0.3 is 10.3 Å². The first-order valence-electron chi connectivity index (χ1n) is 7.20. The van der Waals surface area contributed by atoms with Crippen LogP contribution in [0.3, 0.4) is 0 Å². The summed E-state index contributed by atoms with van der Waals surface area (Å²) in [5, 5.41) is 3.83. The summed E-state index contributed by atoms with van der Waals surface area (Å²) in [6, 6.07) is 14.1. The maximum absolute atomic E-state index is 13.3. The Hall–Kier alpha value is -2.62. The van der Waals surface area contributed by atoms with Crippen LogP contribution in [0.2, 0.25) is 0 Å². The summed E-state index contributed by atoms with van der Waals surface area (Å²) in [5.41, 5.74) is 2.97. The summed E-state index contributed by atoms with van der Waals surface area (Å²) < 4.78 is 13.3. The van der Waals surface area contributed by atoms with Crippen molar-refractivity contribution < 1.29 is 9.18 Å². The van der Waals surface area contributed by atoms with Crippen molar-refractivity contribution in [1.82, 2.24) is 10.3 Å². The van der Waals surface area contributed by atoms with Crippen LogP contribution in [0.15, 0.2) is 48.5 Å². The van der Waals surface area contributed by atoms with Gasteiger partial charge in [-0.05, 0) is 43.2 Å². The lowest BCUT2D eigenvalue weighted by atomic mass is 10.1. The van der Waals surface area contributed by atoms with Gasteiger partial charge in [0.2, 0.25) is 0 Å². The fourth-order valence-electron chi connectivity index (χ4n) is 2.63. The molecule has 0 fully saturated rings. The van der Waals surface area contributed by atoms with E-state index < -0.39 is 0 Å². The smallest absolute Gasteiger partial charge is 0.268 e. The van der Waals surface area contributed by atoms with Crippen LogP contribution in [0.4, 0.5) is 4.39 Å². The number of hydrogen-bond acceptors (Lipinski definition) is 1. The van der Waals surface area contributed by atoms with Crippen LogP contribution < -0.4 is 5.32 Å². The van der Waals surface area contributed by atoms with Gasteiger partial charge in [-0.15, -0.1) is 0 Å². The lowest BCUT2D eigenvalue weighted by Crippen LogP contribution is -2.27. The van der Waals surface area contributed by atoms with Gasteiger partial charge in [-0.25, -0.2) is 4.39 Å². The van der Waals surface area contributed by atoms with Crippen LogP contribution in [0, 0.1) is 12.7 Å². The van der Waals surface area contributed by atoms with Crippen LogP contribution in [-0.4, -0.2) is 10.9 Å². The van der Waals surface area contributed by atoms with Gasteiger partial charge >= 0.3 is 0 Å². The highest BCUT2D eigenvalue weighted by molar-refractivity contribution is 6.01. The zero-order valence-corrected chi connectivity index (χ0v) is 12.5. The van der Waals surface area contributed by atoms with E-state index in [4.69, 9.17) is 0 Å². The highest BCUT2D eigenvalue weighted by atomic mass is 19.1. The average Bonchev–Trinajstić information content (AvgIpc) is 2.84. The Morgan fingerprint density at radius 3 is 2.64 bits per heavy atom. The standard InChI is InChI=1S/C18H17FN2O/c1-11-15-9-8-14(19)10-16(15)21-17(11)18(22)20-12(2)13-6-4-3-5-7-13/h3-10,12,21H,1-2H3,(H,20,22). The number of hydrogen-bond donors (Lipinski definition) is 2. The predicted molar refractivity (Wildman–Crippen MR) is 85.3 cm³/mol. The summed E-state index contributed by atoms with van der Waals surface area (Å²) in [7, 11) is 0. The number of fused-ring (bicyclic) bond motifs is 1. The Kier molecular flexibility index (Phi) is 3.67. The second kappa shape index (κ2) is 5.64. The van der Waals surface area contributed by atoms with Crippen molar-refractivity contribution in [2.24, 2.45) is 0 Å². The number of aromatic amines is 1. The molecule has 2 aromatic carbocycles. The summed E-state index contributed by atoms with van der Waals surface area (Å²) >= 11 is 0. The monoisotopic (exact) mass is 296 g/mol. The van der Waals surface area contributed by atoms with Crippen LogP contribution >= 0.6 is 0 Å². The maximum atomic E-state index is 13.3. The maximum Gasteiger partial charge on any atom is 0.268 e. The number of nitrogens with one attached hydrogen (secondary N) is 2. The molecule has 1 heterocycles. The van der Waals surface area contributed by atoms with Crippen molar-refractivity contribution in [3.63, 3.8) is 0 Å². The van der Waals surface area contributed by atoms with Gasteiger partial charge in [-0.3, -0.25) is 4.79 Å². The van der Waals surface area contributed by atoms with Gasteiger partial charge in [0.25, 0.3) is 5.91 Å². The van der Waals surface area contributed by atoms with Gasteiger partial charge in [0.05, 0.1) is 6.04 Å². The summed E-state index contributed by atoms with van der Waals surface area (Å²) in [6.45, 7) is 3.80. The topological polar surface area (TPSA) is 44.9 Å². The molecule has 0 aliphatic carbocycles. The molecule has 3 nitrogen and oxygen atoms in total. The molecule has 3 rings (SSSR count). The molecule has 0 bridgehead atoms. The lowest BCUT2D eigenvalue weighted by Gasteiger charge is -2.14. The van der Waals surface area contributed by atoms with Gasteiger partial charge in [-0.1, -0.05) is 30.3 Å². The Balaban J connectivity index is 1.88. The number of carbonyl (C=O) groups is 1. The summed E-state index contributed by atoms with van der Waals surface area (Å²) in [6.07, 6.45) is 0. The number of rotatable bonds is 3. The van der Waals surface area contributed by atoms with Crippen molar-refractivity contribution in [3.05, 3.63) is 71.2 Å². The van der Waals surface area contributed by atoms with E-state index in [-0.39, 0.29) is 17.8 Å². The molecule has 1 atom stereocenters. The Labute approximate surface area is 128 Å². The second-order valence-corrected chi connectivity index (χ2v) is 5.42. The molecule has 0 radical (unpaired) electrons. The number of carbonyl (C=O) groups excluding carboxylic acids is 1. The fraction of sp³-hybridized carbons (Fsp3) is 0.167. The number of aryl methyl sites for hydroxylation is 1. The molecular formula is C18H17FN2O. The number of H-pyrrole nitrogens is 1. The van der Waals surface area contributed by atoms with E-state index >= 15 is 0 Å². The predicted octanol–water partition coefficient (Wildman–Crippen LogP) is 4.11. The van der Waals surface area contributed by atoms with Gasteiger partial charge in [-0.2, -0.15) is 0 Å². The molecule has 0 spiro atoms. The van der Waals surface area contributed by atoms with E-state index in [1.54, 1.807) is 6.07 Å². The first-order valence-corrected chi connectivity index (χ1v) is 7.20. The number of amides is 1. The second-order valence-electron chi connectivity index (χ2n) is 5.42. The minimum Gasteiger partial charge on any atom is -0.350 e. The van der Waals surface area contributed by atoms with Crippen molar-refractivity contribution in [1.29, 1.82) is 0 Å². The zero-order chi connectivity index (χ0) is 15.7. The highest BCUT2D eigenvalue weighted by Crippen LogP contribution is 2.23. The SMILES string of the molecule is Cc1c(C(=O)NC(C)c2ccccc2)[nH]c2cc(F)ccc12. The van der Waals surface area contributed by atoms with E-state index in [0.29, 0.717) is 11.2 Å². The third-order valence-electron chi connectivity index (χ3n) is 3.89. The fourth-order valence-corrected chi connectivity index (χ4v) is 2.63. The zero-order valence-electron chi connectivity index (χ0n) is 12.5. The first-order chi connectivity index (χ1) is 10.6. The van der Waals surface area contributed by atoms with E-state index in [9.17, 15) is 9.18 Å². The number of benzene rings is 2. The first kappa shape index (κ1) is 14.3.